The van der Waals surface area contributed by atoms with Gasteiger partial charge in [0.2, 0.25) is 0 Å². The number of benzene rings is 2. The fraction of sp³-hybridized carbons (Fsp3) is 0.333. The minimum atomic E-state index is -0.627. The summed E-state index contributed by atoms with van der Waals surface area (Å²) in [5.74, 6) is -1.20. The monoisotopic (exact) mass is 614 g/mol. The van der Waals surface area contributed by atoms with Gasteiger partial charge in [-0.2, -0.15) is 0 Å². The first-order valence-electron chi connectivity index (χ1n) is 13.3. The highest BCUT2D eigenvalue weighted by molar-refractivity contribution is 7.98. The summed E-state index contributed by atoms with van der Waals surface area (Å²) in [5.41, 5.74) is -0.339. The quantitative estimate of drug-likeness (QED) is 0.279. The summed E-state index contributed by atoms with van der Waals surface area (Å²) in [6.07, 6.45) is 3.78. The number of nitrogens with one attached hydrogen (secondary N) is 2. The van der Waals surface area contributed by atoms with E-state index in [1.807, 2.05) is 27.0 Å². The lowest BCUT2D eigenvalue weighted by Gasteiger charge is -2.33. The number of aromatic nitrogens is 1. The molecule has 12 heteroatoms. The van der Waals surface area contributed by atoms with Gasteiger partial charge < -0.3 is 25.0 Å². The Morgan fingerprint density at radius 2 is 1.69 bits per heavy atom. The van der Waals surface area contributed by atoms with Crippen molar-refractivity contribution in [2.24, 2.45) is 0 Å². The molecule has 2 heterocycles. The van der Waals surface area contributed by atoms with Crippen molar-refractivity contribution >= 4 is 52.8 Å². The number of likely N-dealkylation sites (tertiary alicyclic amines) is 1. The zero-order chi connectivity index (χ0) is 30.4. The normalized spacial score (nSPS) is 13.8. The molecule has 0 saturated carbocycles. The van der Waals surface area contributed by atoms with Crippen LogP contribution in [-0.2, 0) is 4.74 Å². The van der Waals surface area contributed by atoms with E-state index in [0.29, 0.717) is 36.7 Å². The van der Waals surface area contributed by atoms with Gasteiger partial charge in [0.15, 0.2) is 0 Å². The van der Waals surface area contributed by atoms with E-state index in [1.165, 1.54) is 30.1 Å². The van der Waals surface area contributed by atoms with Crippen molar-refractivity contribution in [1.82, 2.24) is 9.88 Å². The van der Waals surface area contributed by atoms with Crippen LogP contribution in [0.15, 0.2) is 59.6 Å². The number of carbonyl (C=O) groups is 3. The lowest BCUT2D eigenvalue weighted by Crippen LogP contribution is -2.44. The molecule has 0 atom stereocenters. The summed E-state index contributed by atoms with van der Waals surface area (Å²) in [6.45, 7) is 6.37. The smallest absolute Gasteiger partial charge is 0.410 e. The SMILES string of the molecule is CSc1ccc(C(=O)Nc2cc(F)ccc2C(=O)Nc2ccc(Cl)cn2)c(OC2CCN(C(=O)OC(C)(C)C)CC2)c1. The second-order valence-electron chi connectivity index (χ2n) is 10.6. The molecule has 222 valence electrons. The lowest BCUT2D eigenvalue weighted by atomic mass is 10.1. The summed E-state index contributed by atoms with van der Waals surface area (Å²) < 4.78 is 26.0. The van der Waals surface area contributed by atoms with E-state index in [-0.39, 0.29) is 34.8 Å². The molecule has 0 spiro atoms. The molecule has 1 aliphatic rings. The molecule has 0 bridgehead atoms. The second-order valence-corrected chi connectivity index (χ2v) is 11.9. The molecule has 2 N–H and O–H groups in total. The third kappa shape index (κ3) is 8.36. The molecule has 1 aliphatic heterocycles. The molecular weight excluding hydrogens is 583 g/mol. The number of carbonyl (C=O) groups excluding carboxylic acids is 3. The Morgan fingerprint density at radius 1 is 1.00 bits per heavy atom. The largest absolute Gasteiger partial charge is 0.489 e. The van der Waals surface area contributed by atoms with Crippen LogP contribution in [0.2, 0.25) is 5.02 Å². The van der Waals surface area contributed by atoms with E-state index in [0.717, 1.165) is 17.0 Å². The van der Waals surface area contributed by atoms with Gasteiger partial charge in [-0.25, -0.2) is 14.2 Å². The standard InChI is InChI=1S/C30H32ClFN4O5S/c1-30(2,3)41-29(39)36-13-11-20(12-14-36)40-25-16-21(42-4)7-9-23(25)28(38)34-24-15-19(32)6-8-22(24)27(37)35-26-10-5-18(31)17-33-26/h5-10,15-17,20H,11-14H2,1-4H3,(H,34,38)(H,33,35,37). The van der Waals surface area contributed by atoms with Crippen LogP contribution in [-0.4, -0.2) is 58.8 Å². The molecule has 3 amide bonds. The van der Waals surface area contributed by atoms with Crippen molar-refractivity contribution in [3.05, 3.63) is 76.7 Å². The average Bonchev–Trinajstić information content (AvgIpc) is 2.93. The zero-order valence-electron chi connectivity index (χ0n) is 23.7. The van der Waals surface area contributed by atoms with Gasteiger partial charge in [-0.05, 0) is 75.6 Å². The topological polar surface area (TPSA) is 110 Å². The van der Waals surface area contributed by atoms with E-state index >= 15 is 0 Å². The predicted molar refractivity (Wildman–Crippen MR) is 161 cm³/mol. The molecule has 3 aromatic rings. The maximum atomic E-state index is 14.2. The van der Waals surface area contributed by atoms with Crippen molar-refractivity contribution in [3.63, 3.8) is 0 Å². The van der Waals surface area contributed by atoms with Gasteiger partial charge in [-0.1, -0.05) is 11.6 Å². The number of pyridine rings is 1. The first-order chi connectivity index (χ1) is 19.9. The number of ether oxygens (including phenoxy) is 2. The van der Waals surface area contributed by atoms with Crippen LogP contribution in [0.3, 0.4) is 0 Å². The van der Waals surface area contributed by atoms with Crippen LogP contribution in [0.5, 0.6) is 5.75 Å². The van der Waals surface area contributed by atoms with Crippen LogP contribution in [0, 0.1) is 5.82 Å². The number of anilines is 2. The molecule has 4 rings (SSSR count). The van der Waals surface area contributed by atoms with Crippen LogP contribution < -0.4 is 15.4 Å². The number of rotatable bonds is 7. The maximum Gasteiger partial charge on any atom is 0.410 e. The molecule has 9 nitrogen and oxygen atoms in total. The Morgan fingerprint density at radius 3 is 2.33 bits per heavy atom. The highest BCUT2D eigenvalue weighted by Crippen LogP contribution is 2.30. The van der Waals surface area contributed by atoms with Crippen molar-refractivity contribution in [2.45, 2.75) is 50.2 Å². The zero-order valence-corrected chi connectivity index (χ0v) is 25.3. The molecule has 0 unspecified atom stereocenters. The van der Waals surface area contributed by atoms with Gasteiger partial charge in [0.25, 0.3) is 11.8 Å². The van der Waals surface area contributed by atoms with Gasteiger partial charge in [-0.15, -0.1) is 11.8 Å². The molecule has 1 saturated heterocycles. The summed E-state index contributed by atoms with van der Waals surface area (Å²) >= 11 is 7.35. The number of thioether (sulfide) groups is 1. The fourth-order valence-corrected chi connectivity index (χ4v) is 4.76. The molecule has 0 radical (unpaired) electrons. The first kappa shape index (κ1) is 31.1. The Kier molecular flexibility index (Phi) is 9.95. The minimum absolute atomic E-state index is 0.0166. The number of hydrogen-bond acceptors (Lipinski definition) is 7. The van der Waals surface area contributed by atoms with E-state index < -0.39 is 23.2 Å². The number of nitrogens with zero attached hydrogens (tertiary/aromatic N) is 2. The third-order valence-electron chi connectivity index (χ3n) is 6.26. The molecule has 1 aromatic heterocycles. The highest BCUT2D eigenvalue weighted by Gasteiger charge is 2.29. The average molecular weight is 615 g/mol. The van der Waals surface area contributed by atoms with Gasteiger partial charge in [0, 0.05) is 37.0 Å². The van der Waals surface area contributed by atoms with E-state index in [1.54, 1.807) is 29.2 Å². The summed E-state index contributed by atoms with van der Waals surface area (Å²) in [5, 5.41) is 5.69. The molecule has 2 aromatic carbocycles. The Bertz CT molecular complexity index is 1460. The fourth-order valence-electron chi connectivity index (χ4n) is 4.22. The maximum absolute atomic E-state index is 14.2. The Hall–Kier alpha value is -3.83. The van der Waals surface area contributed by atoms with E-state index in [9.17, 15) is 18.8 Å². The van der Waals surface area contributed by atoms with Crippen molar-refractivity contribution in [1.29, 1.82) is 0 Å². The Labute approximate surface area is 253 Å². The summed E-state index contributed by atoms with van der Waals surface area (Å²) in [6, 6.07) is 11.8. The van der Waals surface area contributed by atoms with Crippen LogP contribution >= 0.6 is 23.4 Å². The number of piperidine rings is 1. The first-order valence-corrected chi connectivity index (χ1v) is 14.9. The Balaban J connectivity index is 1.49. The highest BCUT2D eigenvalue weighted by atomic mass is 35.5. The van der Waals surface area contributed by atoms with Crippen molar-refractivity contribution < 1.29 is 28.2 Å². The van der Waals surface area contributed by atoms with E-state index in [2.05, 4.69) is 15.6 Å². The number of hydrogen-bond donors (Lipinski definition) is 2. The van der Waals surface area contributed by atoms with Gasteiger partial charge in [0.1, 0.15) is 29.1 Å². The predicted octanol–water partition coefficient (Wildman–Crippen LogP) is 6.88. The minimum Gasteiger partial charge on any atom is -0.489 e. The van der Waals surface area contributed by atoms with Crippen molar-refractivity contribution in [3.8, 4) is 5.75 Å². The molecule has 42 heavy (non-hydrogen) atoms. The van der Waals surface area contributed by atoms with Gasteiger partial charge in [0.05, 0.1) is 21.8 Å². The van der Waals surface area contributed by atoms with Crippen molar-refractivity contribution in [2.75, 3.05) is 30.0 Å². The summed E-state index contributed by atoms with van der Waals surface area (Å²) in [7, 11) is 0. The van der Waals surface area contributed by atoms with Gasteiger partial charge in [-0.3, -0.25) is 9.59 Å². The lowest BCUT2D eigenvalue weighted by molar-refractivity contribution is 0.0126. The van der Waals surface area contributed by atoms with E-state index in [4.69, 9.17) is 21.1 Å². The van der Waals surface area contributed by atoms with Crippen LogP contribution in [0.25, 0.3) is 0 Å². The summed E-state index contributed by atoms with van der Waals surface area (Å²) in [4.78, 5) is 45.5. The third-order valence-corrected chi connectivity index (χ3v) is 7.21. The van der Waals surface area contributed by atoms with Crippen LogP contribution in [0.1, 0.15) is 54.3 Å². The number of halogens is 2. The molecular formula is C30H32ClFN4O5S. The molecule has 1 fully saturated rings. The van der Waals surface area contributed by atoms with Gasteiger partial charge >= 0.3 is 6.09 Å². The number of amides is 3. The van der Waals surface area contributed by atoms with Crippen LogP contribution in [0.4, 0.5) is 20.7 Å². The second kappa shape index (κ2) is 13.4. The molecule has 0 aliphatic carbocycles.